The van der Waals surface area contributed by atoms with E-state index in [2.05, 4.69) is 27.7 Å². The van der Waals surface area contributed by atoms with E-state index in [1.807, 2.05) is 0 Å². The van der Waals surface area contributed by atoms with Crippen LogP contribution in [0.5, 0.6) is 0 Å². The van der Waals surface area contributed by atoms with Crippen molar-refractivity contribution in [3.63, 3.8) is 0 Å². The molecule has 0 fully saturated rings. The quantitative estimate of drug-likeness (QED) is 0.311. The first-order chi connectivity index (χ1) is 8.66. The molecule has 0 bridgehead atoms. The van der Waals surface area contributed by atoms with E-state index in [4.69, 9.17) is 0 Å². The van der Waals surface area contributed by atoms with Crippen molar-refractivity contribution < 1.29 is 0 Å². The van der Waals surface area contributed by atoms with Crippen LogP contribution in [0.4, 0.5) is 0 Å². The molecule has 0 heteroatoms. The molecule has 0 radical (unpaired) electrons. The van der Waals surface area contributed by atoms with Crippen molar-refractivity contribution >= 4 is 0 Å². The van der Waals surface area contributed by atoms with Crippen molar-refractivity contribution in [2.45, 2.75) is 105 Å². The van der Waals surface area contributed by atoms with Gasteiger partial charge in [0.25, 0.3) is 0 Å². The average Bonchev–Trinajstić information content (AvgIpc) is 2.33. The fraction of sp³-hybridized carbons (Fsp3) is 1.00. The van der Waals surface area contributed by atoms with E-state index in [0.29, 0.717) is 0 Å². The third kappa shape index (κ3) is 14.1. The minimum absolute atomic E-state index is 0.896. The van der Waals surface area contributed by atoms with Gasteiger partial charge in [-0.25, -0.2) is 0 Å². The van der Waals surface area contributed by atoms with Crippen LogP contribution in [-0.2, 0) is 0 Å². The Morgan fingerprint density at radius 3 is 1.50 bits per heavy atom. The highest BCUT2D eigenvalue weighted by Gasteiger charge is 2.02. The van der Waals surface area contributed by atoms with E-state index in [1.54, 1.807) is 0 Å². The predicted molar refractivity (Wildman–Crippen MR) is 85.1 cm³/mol. The Labute approximate surface area is 117 Å². The Kier molecular flexibility index (Phi) is 13.4. The van der Waals surface area contributed by atoms with Gasteiger partial charge in [-0.1, -0.05) is 105 Å². The van der Waals surface area contributed by atoms with E-state index in [-0.39, 0.29) is 0 Å². The zero-order chi connectivity index (χ0) is 13.6. The molecule has 0 aliphatic rings. The van der Waals surface area contributed by atoms with Crippen LogP contribution in [0.1, 0.15) is 105 Å². The van der Waals surface area contributed by atoms with Crippen LogP contribution in [-0.4, -0.2) is 0 Å². The molecule has 0 rings (SSSR count). The molecule has 0 aliphatic carbocycles. The lowest BCUT2D eigenvalue weighted by atomic mass is 9.96. The van der Waals surface area contributed by atoms with Crippen molar-refractivity contribution in [2.24, 2.45) is 11.8 Å². The van der Waals surface area contributed by atoms with Crippen LogP contribution in [0.2, 0.25) is 0 Å². The third-order valence-electron chi connectivity index (χ3n) is 4.03. The number of hydrogen-bond acceptors (Lipinski definition) is 0. The molecule has 0 N–H and O–H groups in total. The maximum absolute atomic E-state index is 2.45. The number of hydrogen-bond donors (Lipinski definition) is 0. The predicted octanol–water partition coefficient (Wildman–Crippen LogP) is 6.98. The summed E-state index contributed by atoms with van der Waals surface area (Å²) in [6.45, 7) is 9.41. The summed E-state index contributed by atoms with van der Waals surface area (Å²) in [6, 6.07) is 0. The Morgan fingerprint density at radius 2 is 1.00 bits per heavy atom. The largest absolute Gasteiger partial charge is 0.0654 e. The molecular weight excluding hydrogens is 216 g/mol. The van der Waals surface area contributed by atoms with Crippen LogP contribution >= 0.6 is 0 Å². The molecule has 110 valence electrons. The van der Waals surface area contributed by atoms with E-state index in [0.717, 1.165) is 11.8 Å². The normalized spacial score (nSPS) is 13.2. The van der Waals surface area contributed by atoms with Crippen LogP contribution in [0.15, 0.2) is 0 Å². The molecule has 0 aromatic rings. The number of rotatable bonds is 13. The van der Waals surface area contributed by atoms with Crippen molar-refractivity contribution in [3.05, 3.63) is 0 Å². The lowest BCUT2D eigenvalue weighted by molar-refractivity contribution is 0.431. The van der Waals surface area contributed by atoms with Crippen molar-refractivity contribution in [3.8, 4) is 0 Å². The highest BCUT2D eigenvalue weighted by molar-refractivity contribution is 4.55. The minimum Gasteiger partial charge on any atom is -0.0654 e. The summed E-state index contributed by atoms with van der Waals surface area (Å²) in [7, 11) is 0. The Balaban J connectivity index is 3.12. The third-order valence-corrected chi connectivity index (χ3v) is 4.03. The first-order valence-corrected chi connectivity index (χ1v) is 8.66. The second-order valence-electron chi connectivity index (χ2n) is 6.69. The van der Waals surface area contributed by atoms with Gasteiger partial charge in [0.15, 0.2) is 0 Å². The van der Waals surface area contributed by atoms with Crippen LogP contribution < -0.4 is 0 Å². The van der Waals surface area contributed by atoms with Gasteiger partial charge in [0.05, 0.1) is 0 Å². The molecule has 0 aromatic heterocycles. The first kappa shape index (κ1) is 18.0. The summed E-state index contributed by atoms with van der Waals surface area (Å²) < 4.78 is 0. The molecular formula is C18H38. The summed E-state index contributed by atoms with van der Waals surface area (Å²) in [5.74, 6) is 1.87. The second-order valence-corrected chi connectivity index (χ2v) is 6.69. The van der Waals surface area contributed by atoms with Gasteiger partial charge in [0.2, 0.25) is 0 Å². The lowest BCUT2D eigenvalue weighted by Gasteiger charge is -2.11. The molecule has 0 aromatic carbocycles. The molecule has 0 amide bonds. The summed E-state index contributed by atoms with van der Waals surface area (Å²) >= 11 is 0. The summed E-state index contributed by atoms with van der Waals surface area (Å²) in [5, 5.41) is 0. The first-order valence-electron chi connectivity index (χ1n) is 8.66. The topological polar surface area (TPSA) is 0 Å². The van der Waals surface area contributed by atoms with Gasteiger partial charge in [-0.2, -0.15) is 0 Å². The van der Waals surface area contributed by atoms with E-state index in [1.165, 1.54) is 77.0 Å². The average molecular weight is 255 g/mol. The van der Waals surface area contributed by atoms with Crippen molar-refractivity contribution in [1.82, 2.24) is 0 Å². The Bertz CT molecular complexity index is 148. The summed E-state index contributed by atoms with van der Waals surface area (Å²) in [5.41, 5.74) is 0. The summed E-state index contributed by atoms with van der Waals surface area (Å²) in [4.78, 5) is 0. The van der Waals surface area contributed by atoms with Gasteiger partial charge >= 0.3 is 0 Å². The van der Waals surface area contributed by atoms with E-state index < -0.39 is 0 Å². The molecule has 18 heavy (non-hydrogen) atoms. The molecule has 0 aliphatic heterocycles. The summed E-state index contributed by atoms with van der Waals surface area (Å²) in [6.07, 6.45) is 17.4. The van der Waals surface area contributed by atoms with Crippen molar-refractivity contribution in [2.75, 3.05) is 0 Å². The fourth-order valence-corrected chi connectivity index (χ4v) is 2.64. The van der Waals surface area contributed by atoms with Gasteiger partial charge in [-0.15, -0.1) is 0 Å². The molecule has 0 heterocycles. The van der Waals surface area contributed by atoms with E-state index >= 15 is 0 Å². The zero-order valence-electron chi connectivity index (χ0n) is 13.6. The molecule has 0 saturated heterocycles. The minimum atomic E-state index is 0.896. The molecule has 0 unspecified atom stereocenters. The van der Waals surface area contributed by atoms with Crippen LogP contribution in [0.25, 0.3) is 0 Å². The van der Waals surface area contributed by atoms with Crippen LogP contribution in [0, 0.1) is 11.8 Å². The Hall–Kier alpha value is 0. The lowest BCUT2D eigenvalue weighted by Crippen LogP contribution is -1.95. The second kappa shape index (κ2) is 13.4. The SMILES string of the molecule is CCCCCC[C@H](C)CCCCCCCC(C)C. The smallest absolute Gasteiger partial charge is 0.0443 e. The van der Waals surface area contributed by atoms with Gasteiger partial charge in [0, 0.05) is 0 Å². The zero-order valence-corrected chi connectivity index (χ0v) is 13.6. The van der Waals surface area contributed by atoms with E-state index in [9.17, 15) is 0 Å². The fourth-order valence-electron chi connectivity index (χ4n) is 2.64. The highest BCUT2D eigenvalue weighted by Crippen LogP contribution is 2.18. The molecule has 0 nitrogen and oxygen atoms in total. The molecule has 1 atom stereocenters. The number of unbranched alkanes of at least 4 members (excludes halogenated alkanes) is 7. The maximum Gasteiger partial charge on any atom is -0.0443 e. The van der Waals surface area contributed by atoms with Crippen molar-refractivity contribution in [1.29, 1.82) is 0 Å². The van der Waals surface area contributed by atoms with Gasteiger partial charge < -0.3 is 0 Å². The highest BCUT2D eigenvalue weighted by atomic mass is 14.1. The molecule has 0 saturated carbocycles. The maximum atomic E-state index is 2.45. The van der Waals surface area contributed by atoms with Gasteiger partial charge in [-0.3, -0.25) is 0 Å². The Morgan fingerprint density at radius 1 is 0.556 bits per heavy atom. The van der Waals surface area contributed by atoms with Crippen LogP contribution in [0.3, 0.4) is 0 Å². The standard InChI is InChI=1S/C18H38/c1-5-6-7-12-15-18(4)16-13-10-8-9-11-14-17(2)3/h17-18H,5-16H2,1-4H3/t18-/m0/s1. The van der Waals surface area contributed by atoms with Gasteiger partial charge in [-0.05, 0) is 11.8 Å². The monoisotopic (exact) mass is 254 g/mol. The molecule has 0 spiro atoms. The van der Waals surface area contributed by atoms with Gasteiger partial charge in [0.1, 0.15) is 0 Å².